The van der Waals surface area contributed by atoms with Gasteiger partial charge in [-0.3, -0.25) is 4.79 Å². The molecule has 2 rings (SSSR count). The van der Waals surface area contributed by atoms with Crippen molar-refractivity contribution in [3.8, 4) is 11.5 Å². The zero-order valence-electron chi connectivity index (χ0n) is 25.7. The average Bonchev–Trinajstić information content (AvgIpc) is 3.00. The number of unbranched alkanes of at least 4 members (excludes halogenated alkanes) is 4. The third-order valence-electron chi connectivity index (χ3n) is 6.17. The summed E-state index contributed by atoms with van der Waals surface area (Å²) in [6.07, 6.45) is 27.1. The number of benzene rings is 2. The Morgan fingerprint density at radius 2 is 1.31 bits per heavy atom. The van der Waals surface area contributed by atoms with E-state index in [0.29, 0.717) is 24.2 Å². The van der Waals surface area contributed by atoms with Crippen molar-refractivity contribution in [1.29, 1.82) is 0 Å². The Bertz CT molecular complexity index is 1300. The number of anilines is 2. The number of carbonyl (C=O) groups is 3. The molecule has 0 spiro atoms. The van der Waals surface area contributed by atoms with Crippen LogP contribution in [0.1, 0.15) is 99.3 Å². The van der Waals surface area contributed by atoms with Crippen LogP contribution in [-0.4, -0.2) is 40.3 Å². The second kappa shape index (κ2) is 24.6. The molecular weight excluding hydrogens is 572 g/mol. The molecule has 45 heavy (non-hydrogen) atoms. The number of nitrogen functional groups attached to an aromatic ring is 1. The van der Waals surface area contributed by atoms with Crippen LogP contribution in [0.15, 0.2) is 85.0 Å². The molecule has 0 saturated heterocycles. The third-order valence-corrected chi connectivity index (χ3v) is 6.17. The molecule has 0 aliphatic carbocycles. The first-order valence-electron chi connectivity index (χ1n) is 14.8. The van der Waals surface area contributed by atoms with Crippen molar-refractivity contribution in [2.45, 2.75) is 78.6 Å². The minimum atomic E-state index is -1.24. The number of rotatable bonds is 17. The number of methoxy groups -OCH3 is 1. The lowest BCUT2D eigenvalue weighted by Gasteiger charge is -2.06. The molecule has 0 aliphatic heterocycles. The summed E-state index contributed by atoms with van der Waals surface area (Å²) in [5, 5.41) is 30.3. The number of esters is 1. The number of carbonyl (C=O) groups excluding carboxylic acids is 2. The minimum absolute atomic E-state index is 0. The van der Waals surface area contributed by atoms with Gasteiger partial charge in [-0.1, -0.05) is 75.8 Å². The molecule has 0 bridgehead atoms. The van der Waals surface area contributed by atoms with Crippen LogP contribution in [-0.2, 0) is 9.53 Å². The van der Waals surface area contributed by atoms with Crippen molar-refractivity contribution in [3.63, 3.8) is 0 Å². The highest BCUT2D eigenvalue weighted by Crippen LogP contribution is 2.22. The van der Waals surface area contributed by atoms with Crippen molar-refractivity contribution in [2.75, 3.05) is 18.2 Å². The number of ether oxygens (including phenoxy) is 1. The number of nitrogens with two attached hydrogens (primary N) is 1. The molecule has 0 radical (unpaired) electrons. The number of carboxylic acid groups (broad SMARTS) is 1. The molecule has 0 fully saturated rings. The van der Waals surface area contributed by atoms with E-state index in [1.807, 2.05) is 0 Å². The molecule has 0 saturated carbocycles. The molecule has 2 aromatic carbocycles. The fourth-order valence-electron chi connectivity index (χ4n) is 3.78. The lowest BCUT2D eigenvalue weighted by atomic mass is 10.1. The Morgan fingerprint density at radius 3 is 1.87 bits per heavy atom. The van der Waals surface area contributed by atoms with Gasteiger partial charge < -0.3 is 31.1 Å². The molecule has 246 valence electrons. The Morgan fingerprint density at radius 1 is 0.778 bits per heavy atom. The van der Waals surface area contributed by atoms with Crippen molar-refractivity contribution in [2.24, 2.45) is 0 Å². The van der Waals surface area contributed by atoms with E-state index in [0.717, 1.165) is 25.7 Å². The van der Waals surface area contributed by atoms with Crippen LogP contribution in [0, 0.1) is 0 Å². The van der Waals surface area contributed by atoms with Crippen molar-refractivity contribution in [1.82, 2.24) is 0 Å². The predicted molar refractivity (Wildman–Crippen MR) is 183 cm³/mol. The van der Waals surface area contributed by atoms with Crippen LogP contribution in [0.3, 0.4) is 0 Å². The molecule has 0 aliphatic rings. The summed E-state index contributed by atoms with van der Waals surface area (Å²) in [7, 11) is 1.24. The molecule has 0 aromatic heterocycles. The van der Waals surface area contributed by atoms with Crippen LogP contribution in [0.25, 0.3) is 0 Å². The number of phenols is 2. The van der Waals surface area contributed by atoms with E-state index >= 15 is 0 Å². The van der Waals surface area contributed by atoms with Gasteiger partial charge in [0.15, 0.2) is 0 Å². The monoisotopic (exact) mass is 622 g/mol. The van der Waals surface area contributed by atoms with Crippen LogP contribution in [0.2, 0.25) is 0 Å². The molecule has 1 amide bonds. The van der Waals surface area contributed by atoms with Crippen LogP contribution >= 0.6 is 0 Å². The van der Waals surface area contributed by atoms with E-state index in [1.54, 1.807) is 0 Å². The number of aromatic carboxylic acids is 1. The third kappa shape index (κ3) is 18.5. The number of phenolic OH excluding ortho intramolecular Hbond substituents is 1. The predicted octanol–water partition coefficient (Wildman–Crippen LogP) is 8.57. The van der Waals surface area contributed by atoms with Gasteiger partial charge in [0.1, 0.15) is 22.6 Å². The topological polar surface area (TPSA) is 159 Å². The normalized spacial score (nSPS) is 11.0. The zero-order valence-corrected chi connectivity index (χ0v) is 25.7. The first kappa shape index (κ1) is 40.2. The summed E-state index contributed by atoms with van der Waals surface area (Å²) >= 11 is 0. The number of hydrogen-bond acceptors (Lipinski definition) is 7. The Balaban J connectivity index is 0.00000124. The average molecular weight is 623 g/mol. The van der Waals surface area contributed by atoms with Gasteiger partial charge in [-0.05, 0) is 81.3 Å². The highest BCUT2D eigenvalue weighted by atomic mass is 16.5. The molecule has 9 heteroatoms. The maximum Gasteiger partial charge on any atom is 0.341 e. The summed E-state index contributed by atoms with van der Waals surface area (Å²) in [4.78, 5) is 33.9. The lowest BCUT2D eigenvalue weighted by Crippen LogP contribution is -2.11. The van der Waals surface area contributed by atoms with Gasteiger partial charge in [0.05, 0.1) is 7.11 Å². The molecule has 2 aromatic rings. The van der Waals surface area contributed by atoms with Gasteiger partial charge in [-0.25, -0.2) is 9.59 Å². The number of hydrogen-bond donors (Lipinski definition) is 5. The van der Waals surface area contributed by atoms with Crippen molar-refractivity contribution < 1.29 is 34.4 Å². The maximum absolute atomic E-state index is 12.0. The first-order valence-corrected chi connectivity index (χ1v) is 14.8. The van der Waals surface area contributed by atoms with Gasteiger partial charge in [-0.2, -0.15) is 0 Å². The summed E-state index contributed by atoms with van der Waals surface area (Å²) in [5.41, 5.74) is 6.02. The second-order valence-electron chi connectivity index (χ2n) is 9.83. The Labute approximate surface area is 267 Å². The van der Waals surface area contributed by atoms with Gasteiger partial charge >= 0.3 is 11.9 Å². The number of allylic oxidation sites excluding steroid dienone is 8. The van der Waals surface area contributed by atoms with E-state index in [-0.39, 0.29) is 36.0 Å². The van der Waals surface area contributed by atoms with Gasteiger partial charge in [-0.15, -0.1) is 0 Å². The highest BCUT2D eigenvalue weighted by molar-refractivity contribution is 5.95. The molecule has 0 atom stereocenters. The molecular formula is C36H50N2O7. The van der Waals surface area contributed by atoms with E-state index in [1.165, 1.54) is 69.2 Å². The number of aromatic hydroxyl groups is 2. The minimum Gasteiger partial charge on any atom is -0.507 e. The van der Waals surface area contributed by atoms with Crippen molar-refractivity contribution >= 4 is 29.2 Å². The van der Waals surface area contributed by atoms with E-state index in [4.69, 9.17) is 10.8 Å². The van der Waals surface area contributed by atoms with Gasteiger partial charge in [0.2, 0.25) is 5.91 Å². The largest absolute Gasteiger partial charge is 0.507 e. The summed E-state index contributed by atoms with van der Waals surface area (Å²) in [6.45, 7) is 2.22. The standard InChI is InChI=1S/C27H37NO4.C8H9NO3.CH4/c1-2-3-4-5-6-7-8-9-10-11-12-13-14-15-16-17-18-19-26(30)28-23-20-21-25(29)24(22-23)27(31)32;1-12-8(11)6-4-5(9)2-3-7(6)10;/h6-7,9-10,12-13,15-16,20-22,29H,2-5,8,11,14,17-19H2,1H3,(H,28,30)(H,31,32);2-4,10H,9H2,1H3;1H4/b7-6-,10-9-,13-12-,16-15-;;. The molecule has 0 heterocycles. The molecule has 9 nitrogen and oxygen atoms in total. The van der Waals surface area contributed by atoms with E-state index in [9.17, 15) is 24.6 Å². The number of nitrogens with one attached hydrogen (secondary N) is 1. The molecule has 6 N–H and O–H groups in total. The van der Waals surface area contributed by atoms with E-state index in [2.05, 4.69) is 65.6 Å². The van der Waals surface area contributed by atoms with Crippen LogP contribution in [0.4, 0.5) is 11.4 Å². The lowest BCUT2D eigenvalue weighted by molar-refractivity contribution is -0.116. The van der Waals surface area contributed by atoms with Crippen molar-refractivity contribution in [3.05, 3.63) is 96.1 Å². The quantitative estimate of drug-likeness (QED) is 0.0386. The van der Waals surface area contributed by atoms with E-state index < -0.39 is 11.9 Å². The summed E-state index contributed by atoms with van der Waals surface area (Å²) in [6, 6.07) is 8.21. The zero-order chi connectivity index (χ0) is 32.6. The Hall–Kier alpha value is -4.79. The smallest absolute Gasteiger partial charge is 0.341 e. The summed E-state index contributed by atoms with van der Waals surface area (Å²) < 4.78 is 4.42. The summed E-state index contributed by atoms with van der Waals surface area (Å²) in [5.74, 6) is -2.46. The van der Waals surface area contributed by atoms with Crippen LogP contribution in [0.5, 0.6) is 11.5 Å². The fraction of sp³-hybridized carbons (Fsp3) is 0.361. The fourth-order valence-corrected chi connectivity index (χ4v) is 3.78. The highest BCUT2D eigenvalue weighted by Gasteiger charge is 2.12. The number of carboxylic acids is 1. The van der Waals surface area contributed by atoms with Crippen LogP contribution < -0.4 is 11.1 Å². The number of amides is 1. The SMILES string of the molecule is C.CCCCC/C=C\C/C=C\C/C=C\C/C=C\CCCC(=O)Nc1ccc(O)c(C(=O)O)c1.COC(=O)c1cc(N)ccc1O. The molecule has 0 unspecified atom stereocenters. The maximum atomic E-state index is 12.0. The van der Waals surface area contributed by atoms with Gasteiger partial charge in [0, 0.05) is 17.8 Å². The van der Waals surface area contributed by atoms with Gasteiger partial charge in [0.25, 0.3) is 0 Å². The first-order chi connectivity index (χ1) is 21.2. The Kier molecular flexibility index (Phi) is 22.0. The second-order valence-corrected chi connectivity index (χ2v) is 9.83.